The Morgan fingerprint density at radius 1 is 1.27 bits per heavy atom. The molecule has 82 valence electrons. The molecule has 0 aliphatic heterocycles. The van der Waals surface area contributed by atoms with E-state index in [1.807, 2.05) is 0 Å². The average molecular weight is 209 g/mol. The van der Waals surface area contributed by atoms with Crippen LogP contribution in [0.2, 0.25) is 0 Å². The number of fused-ring (bicyclic) bond motifs is 1. The Hall–Kier alpha value is -1.26. The van der Waals surface area contributed by atoms with Crippen molar-refractivity contribution in [3.8, 4) is 11.5 Å². The number of aromatic hydroxyl groups is 2. The van der Waals surface area contributed by atoms with Gasteiger partial charge in [-0.15, -0.1) is 0 Å². The number of benzene rings is 1. The molecule has 4 nitrogen and oxygen atoms in total. The number of rotatable bonds is 1. The molecule has 2 atom stereocenters. The summed E-state index contributed by atoms with van der Waals surface area (Å²) in [5, 5.41) is 31.7. The Kier molecular flexibility index (Phi) is 2.54. The quantitative estimate of drug-likeness (QED) is 0.513. The first-order chi connectivity index (χ1) is 7.13. The number of nitrogens with one attached hydrogen (secondary N) is 1. The molecule has 15 heavy (non-hydrogen) atoms. The van der Waals surface area contributed by atoms with Crippen molar-refractivity contribution in [3.63, 3.8) is 0 Å². The van der Waals surface area contributed by atoms with Gasteiger partial charge in [-0.05, 0) is 43.1 Å². The van der Waals surface area contributed by atoms with Gasteiger partial charge in [0.25, 0.3) is 0 Å². The lowest BCUT2D eigenvalue weighted by atomic mass is 9.85. The van der Waals surface area contributed by atoms with Gasteiger partial charge in [0.1, 0.15) is 0 Å². The second-order valence-corrected chi connectivity index (χ2v) is 3.92. The molecule has 4 N–H and O–H groups in total. The lowest BCUT2D eigenvalue weighted by molar-refractivity contribution is 0.119. The van der Waals surface area contributed by atoms with Crippen LogP contribution in [-0.4, -0.2) is 28.4 Å². The van der Waals surface area contributed by atoms with Crippen LogP contribution in [0.15, 0.2) is 12.1 Å². The van der Waals surface area contributed by atoms with Crippen LogP contribution in [0.4, 0.5) is 0 Å². The van der Waals surface area contributed by atoms with E-state index in [0.717, 1.165) is 18.4 Å². The largest absolute Gasteiger partial charge is 0.504 e. The van der Waals surface area contributed by atoms with E-state index in [2.05, 4.69) is 5.32 Å². The number of phenolic OH excluding ortho intramolecular Hbond substituents is 2. The summed E-state index contributed by atoms with van der Waals surface area (Å²) in [7, 11) is 1.80. The van der Waals surface area contributed by atoms with E-state index in [1.54, 1.807) is 7.05 Å². The first-order valence-corrected chi connectivity index (χ1v) is 5.03. The van der Waals surface area contributed by atoms with Crippen LogP contribution in [0.25, 0.3) is 0 Å². The van der Waals surface area contributed by atoms with Gasteiger partial charge < -0.3 is 20.6 Å². The SMILES string of the molecule is CNC1CCc2cc(O)c(O)cc2C1O. The van der Waals surface area contributed by atoms with E-state index < -0.39 is 6.10 Å². The van der Waals surface area contributed by atoms with Crippen molar-refractivity contribution in [2.45, 2.75) is 25.0 Å². The molecule has 0 saturated carbocycles. The molecule has 1 aromatic carbocycles. The second kappa shape index (κ2) is 3.72. The fraction of sp³-hybridized carbons (Fsp3) is 0.455. The molecule has 0 radical (unpaired) electrons. The van der Waals surface area contributed by atoms with Gasteiger partial charge in [0, 0.05) is 6.04 Å². The third-order valence-electron chi connectivity index (χ3n) is 3.03. The Balaban J connectivity index is 2.43. The summed E-state index contributed by atoms with van der Waals surface area (Å²) in [6.45, 7) is 0. The molecule has 1 aromatic rings. The maximum Gasteiger partial charge on any atom is 0.157 e. The number of aliphatic hydroxyl groups is 1. The highest BCUT2D eigenvalue weighted by Crippen LogP contribution is 2.36. The summed E-state index contributed by atoms with van der Waals surface area (Å²) in [5.41, 5.74) is 1.61. The summed E-state index contributed by atoms with van der Waals surface area (Å²) in [6, 6.07) is 2.99. The predicted molar refractivity (Wildman–Crippen MR) is 55.9 cm³/mol. The van der Waals surface area contributed by atoms with Crippen LogP contribution in [0.5, 0.6) is 11.5 Å². The number of aryl methyl sites for hydroxylation is 1. The maximum absolute atomic E-state index is 9.98. The van der Waals surface area contributed by atoms with E-state index in [-0.39, 0.29) is 17.5 Å². The Morgan fingerprint density at radius 2 is 1.93 bits per heavy atom. The zero-order valence-electron chi connectivity index (χ0n) is 8.57. The van der Waals surface area contributed by atoms with Crippen LogP contribution < -0.4 is 5.32 Å². The number of hydrogen-bond acceptors (Lipinski definition) is 4. The summed E-state index contributed by atoms with van der Waals surface area (Å²) in [5.74, 6) is -0.298. The Bertz CT molecular complexity index is 378. The number of likely N-dealkylation sites (N-methyl/N-ethyl adjacent to an activating group) is 1. The van der Waals surface area contributed by atoms with E-state index >= 15 is 0 Å². The molecule has 4 heteroatoms. The van der Waals surface area contributed by atoms with Gasteiger partial charge in [-0.2, -0.15) is 0 Å². The van der Waals surface area contributed by atoms with Crippen LogP contribution in [0.3, 0.4) is 0 Å². The van der Waals surface area contributed by atoms with Gasteiger partial charge in [0.2, 0.25) is 0 Å². The number of aliphatic hydroxyl groups excluding tert-OH is 1. The fourth-order valence-corrected chi connectivity index (χ4v) is 2.12. The molecule has 0 saturated heterocycles. The van der Waals surface area contributed by atoms with Crippen molar-refractivity contribution < 1.29 is 15.3 Å². The van der Waals surface area contributed by atoms with Crippen LogP contribution in [0.1, 0.15) is 23.7 Å². The summed E-state index contributed by atoms with van der Waals surface area (Å²) < 4.78 is 0. The van der Waals surface area contributed by atoms with Crippen molar-refractivity contribution in [1.29, 1.82) is 0 Å². The molecule has 2 unspecified atom stereocenters. The third kappa shape index (κ3) is 1.66. The van der Waals surface area contributed by atoms with Crippen molar-refractivity contribution in [1.82, 2.24) is 5.32 Å². The Morgan fingerprint density at radius 3 is 2.60 bits per heavy atom. The molecular weight excluding hydrogens is 194 g/mol. The van der Waals surface area contributed by atoms with Gasteiger partial charge in [-0.25, -0.2) is 0 Å². The van der Waals surface area contributed by atoms with E-state index in [4.69, 9.17) is 0 Å². The highest BCUT2D eigenvalue weighted by atomic mass is 16.3. The molecule has 0 spiro atoms. The van der Waals surface area contributed by atoms with Crippen LogP contribution in [0, 0.1) is 0 Å². The summed E-state index contributed by atoms with van der Waals surface area (Å²) in [6.07, 6.45) is 1.01. The van der Waals surface area contributed by atoms with Gasteiger partial charge in [0.05, 0.1) is 6.10 Å². The van der Waals surface area contributed by atoms with Crippen molar-refractivity contribution in [3.05, 3.63) is 23.3 Å². The standard InChI is InChI=1S/C11H15NO3/c1-12-8-3-2-6-4-9(13)10(14)5-7(6)11(8)15/h4-5,8,11-15H,2-3H2,1H3. The van der Waals surface area contributed by atoms with Gasteiger partial charge >= 0.3 is 0 Å². The maximum atomic E-state index is 9.98. The zero-order valence-corrected chi connectivity index (χ0v) is 8.57. The molecule has 1 aliphatic rings. The van der Waals surface area contributed by atoms with Gasteiger partial charge in [-0.1, -0.05) is 0 Å². The molecule has 1 aliphatic carbocycles. The zero-order chi connectivity index (χ0) is 11.0. The van der Waals surface area contributed by atoms with Crippen molar-refractivity contribution in [2.24, 2.45) is 0 Å². The first-order valence-electron chi connectivity index (χ1n) is 5.03. The molecule has 0 aromatic heterocycles. The normalized spacial score (nSPS) is 24.9. The minimum absolute atomic E-state index is 0.0152. The highest BCUT2D eigenvalue weighted by molar-refractivity contribution is 5.47. The van der Waals surface area contributed by atoms with E-state index in [0.29, 0.717) is 5.56 Å². The highest BCUT2D eigenvalue weighted by Gasteiger charge is 2.27. The lowest BCUT2D eigenvalue weighted by Crippen LogP contribution is -2.35. The summed E-state index contributed by atoms with van der Waals surface area (Å²) in [4.78, 5) is 0. The molecule has 0 bridgehead atoms. The molecule has 2 rings (SSSR count). The number of phenols is 2. The van der Waals surface area contributed by atoms with Crippen LogP contribution in [-0.2, 0) is 6.42 Å². The molecule has 0 fully saturated rings. The smallest absolute Gasteiger partial charge is 0.157 e. The monoisotopic (exact) mass is 209 g/mol. The lowest BCUT2D eigenvalue weighted by Gasteiger charge is -2.30. The average Bonchev–Trinajstić information content (AvgIpc) is 2.22. The minimum Gasteiger partial charge on any atom is -0.504 e. The third-order valence-corrected chi connectivity index (χ3v) is 3.03. The minimum atomic E-state index is -0.620. The van der Waals surface area contributed by atoms with Crippen LogP contribution >= 0.6 is 0 Å². The fourth-order valence-electron chi connectivity index (χ4n) is 2.12. The second-order valence-electron chi connectivity index (χ2n) is 3.92. The number of hydrogen-bond donors (Lipinski definition) is 4. The van der Waals surface area contributed by atoms with E-state index in [9.17, 15) is 15.3 Å². The van der Waals surface area contributed by atoms with Gasteiger partial charge in [0.15, 0.2) is 11.5 Å². The molecule has 0 heterocycles. The molecule has 0 amide bonds. The first kappa shape index (κ1) is 10.3. The van der Waals surface area contributed by atoms with Gasteiger partial charge in [-0.3, -0.25) is 0 Å². The van der Waals surface area contributed by atoms with Crippen molar-refractivity contribution >= 4 is 0 Å². The predicted octanol–water partition coefficient (Wildman–Crippen LogP) is 0.665. The van der Waals surface area contributed by atoms with E-state index in [1.165, 1.54) is 12.1 Å². The van der Waals surface area contributed by atoms with Crippen molar-refractivity contribution in [2.75, 3.05) is 7.05 Å². The molecular formula is C11H15NO3. The Labute approximate surface area is 88.2 Å². The summed E-state index contributed by atoms with van der Waals surface area (Å²) >= 11 is 0. The topological polar surface area (TPSA) is 72.7 Å².